The zero-order valence-corrected chi connectivity index (χ0v) is 14.4. The summed E-state index contributed by atoms with van der Waals surface area (Å²) in [5, 5.41) is 2.65. The lowest BCUT2D eigenvalue weighted by Crippen LogP contribution is -2.45. The summed E-state index contributed by atoms with van der Waals surface area (Å²) in [4.78, 5) is 36.1. The average molecular weight is 338 g/mol. The summed E-state index contributed by atoms with van der Waals surface area (Å²) in [7, 11) is 0. The summed E-state index contributed by atoms with van der Waals surface area (Å²) in [6, 6.07) is 14.6. The minimum Gasteiger partial charge on any atom is -0.368 e. The monoisotopic (exact) mass is 338 g/mol. The van der Waals surface area contributed by atoms with E-state index in [0.717, 1.165) is 0 Å². The Labute approximate surface area is 147 Å². The van der Waals surface area contributed by atoms with Crippen LogP contribution in [0.5, 0.6) is 0 Å². The Balaban J connectivity index is 2.09. The van der Waals surface area contributed by atoms with Crippen molar-refractivity contribution in [1.29, 1.82) is 0 Å². The van der Waals surface area contributed by atoms with Gasteiger partial charge in [0.25, 0.3) is 5.91 Å². The molecule has 2 rings (SSSR count). The van der Waals surface area contributed by atoms with Gasteiger partial charge in [-0.1, -0.05) is 56.3 Å². The van der Waals surface area contributed by atoms with Crippen LogP contribution >= 0.6 is 0 Å². The first kappa shape index (κ1) is 18.4. The average Bonchev–Trinajstić information content (AvgIpc) is 2.61. The summed E-state index contributed by atoms with van der Waals surface area (Å²) in [6.07, 6.45) is 0.478. The Bertz CT molecular complexity index is 752. The van der Waals surface area contributed by atoms with Crippen molar-refractivity contribution >= 4 is 17.6 Å². The molecule has 0 aliphatic carbocycles. The molecule has 1 unspecified atom stereocenters. The molecule has 0 radical (unpaired) electrons. The standard InChI is InChI=1S/C20H22N2O3/c1-13(2)12-17(19(21)24)22-20(25)16-10-8-15(9-11-16)18(23)14-6-4-3-5-7-14/h3-11,13,17H,12H2,1-2H3,(H2,21,24)(H,22,25). The van der Waals surface area contributed by atoms with Gasteiger partial charge in [0.1, 0.15) is 6.04 Å². The van der Waals surface area contributed by atoms with E-state index in [4.69, 9.17) is 5.73 Å². The maximum Gasteiger partial charge on any atom is 0.251 e. The molecule has 3 N–H and O–H groups in total. The molecular formula is C20H22N2O3. The molecule has 2 aromatic rings. The number of carbonyl (C=O) groups is 3. The fourth-order valence-electron chi connectivity index (χ4n) is 2.49. The smallest absolute Gasteiger partial charge is 0.251 e. The maximum absolute atomic E-state index is 12.4. The summed E-state index contributed by atoms with van der Waals surface area (Å²) in [5.74, 6) is -0.827. The van der Waals surface area contributed by atoms with E-state index in [0.29, 0.717) is 23.1 Å². The lowest BCUT2D eigenvalue weighted by Gasteiger charge is -2.17. The molecule has 130 valence electrons. The number of ketones is 1. The van der Waals surface area contributed by atoms with Crippen LogP contribution in [0.4, 0.5) is 0 Å². The van der Waals surface area contributed by atoms with Crippen molar-refractivity contribution < 1.29 is 14.4 Å². The molecule has 0 bridgehead atoms. The van der Waals surface area contributed by atoms with Crippen LogP contribution in [0.15, 0.2) is 54.6 Å². The molecular weight excluding hydrogens is 316 g/mol. The van der Waals surface area contributed by atoms with Crippen molar-refractivity contribution in [1.82, 2.24) is 5.32 Å². The Morgan fingerprint density at radius 2 is 1.40 bits per heavy atom. The van der Waals surface area contributed by atoms with Crippen molar-refractivity contribution in [3.8, 4) is 0 Å². The third-order valence-corrected chi connectivity index (χ3v) is 3.80. The van der Waals surface area contributed by atoms with Gasteiger partial charge in [0.2, 0.25) is 5.91 Å². The number of nitrogens with one attached hydrogen (secondary N) is 1. The SMILES string of the molecule is CC(C)CC(NC(=O)c1ccc(C(=O)c2ccccc2)cc1)C(N)=O. The van der Waals surface area contributed by atoms with Crippen LogP contribution in [0, 0.1) is 5.92 Å². The highest BCUT2D eigenvalue weighted by molar-refractivity contribution is 6.09. The zero-order valence-electron chi connectivity index (χ0n) is 14.4. The van der Waals surface area contributed by atoms with Crippen LogP contribution in [0.1, 0.15) is 46.5 Å². The molecule has 1 atom stereocenters. The van der Waals surface area contributed by atoms with Crippen LogP contribution in [-0.4, -0.2) is 23.6 Å². The molecule has 0 spiro atoms. The van der Waals surface area contributed by atoms with Gasteiger partial charge in [-0.05, 0) is 24.5 Å². The minimum absolute atomic E-state index is 0.109. The number of carbonyl (C=O) groups excluding carboxylic acids is 3. The van der Waals surface area contributed by atoms with E-state index in [-0.39, 0.29) is 17.6 Å². The van der Waals surface area contributed by atoms with Crippen molar-refractivity contribution in [2.45, 2.75) is 26.3 Å². The van der Waals surface area contributed by atoms with E-state index in [1.165, 1.54) is 0 Å². The van der Waals surface area contributed by atoms with Crippen molar-refractivity contribution in [3.05, 3.63) is 71.3 Å². The van der Waals surface area contributed by atoms with E-state index >= 15 is 0 Å². The van der Waals surface area contributed by atoms with E-state index in [1.807, 2.05) is 19.9 Å². The second-order valence-corrected chi connectivity index (χ2v) is 6.33. The van der Waals surface area contributed by atoms with Gasteiger partial charge in [0.05, 0.1) is 0 Å². The predicted octanol–water partition coefficient (Wildman–Crippen LogP) is 2.55. The van der Waals surface area contributed by atoms with Gasteiger partial charge < -0.3 is 11.1 Å². The van der Waals surface area contributed by atoms with E-state index in [1.54, 1.807) is 48.5 Å². The van der Waals surface area contributed by atoms with Crippen molar-refractivity contribution in [2.75, 3.05) is 0 Å². The first-order chi connectivity index (χ1) is 11.9. The normalized spacial score (nSPS) is 11.8. The third kappa shape index (κ3) is 5.01. The number of hydrogen-bond donors (Lipinski definition) is 2. The number of nitrogens with two attached hydrogens (primary N) is 1. The number of hydrogen-bond acceptors (Lipinski definition) is 3. The summed E-state index contributed by atoms with van der Waals surface area (Å²) >= 11 is 0. The lowest BCUT2D eigenvalue weighted by atomic mass is 10.0. The van der Waals surface area contributed by atoms with Crippen molar-refractivity contribution in [3.63, 3.8) is 0 Å². The Morgan fingerprint density at radius 1 is 0.880 bits per heavy atom. The molecule has 0 fully saturated rings. The molecule has 2 aromatic carbocycles. The molecule has 0 heterocycles. The quantitative estimate of drug-likeness (QED) is 0.760. The first-order valence-corrected chi connectivity index (χ1v) is 8.18. The largest absolute Gasteiger partial charge is 0.368 e. The van der Waals surface area contributed by atoms with Gasteiger partial charge in [-0.2, -0.15) is 0 Å². The zero-order chi connectivity index (χ0) is 18.4. The lowest BCUT2D eigenvalue weighted by molar-refractivity contribution is -0.120. The predicted molar refractivity (Wildman–Crippen MR) is 96.2 cm³/mol. The Kier molecular flexibility index (Phi) is 6.06. The van der Waals surface area contributed by atoms with Gasteiger partial charge in [-0.15, -0.1) is 0 Å². The van der Waals surface area contributed by atoms with Crippen LogP contribution in [0.25, 0.3) is 0 Å². The molecule has 25 heavy (non-hydrogen) atoms. The molecule has 0 saturated carbocycles. The van der Waals surface area contributed by atoms with Crippen LogP contribution in [0.2, 0.25) is 0 Å². The van der Waals surface area contributed by atoms with Gasteiger partial charge in [-0.25, -0.2) is 0 Å². The van der Waals surface area contributed by atoms with Gasteiger partial charge in [0.15, 0.2) is 5.78 Å². The second kappa shape index (κ2) is 8.24. The summed E-state index contributed by atoms with van der Waals surface area (Å²) in [6.45, 7) is 3.90. The van der Waals surface area contributed by atoms with Gasteiger partial charge in [0, 0.05) is 16.7 Å². The molecule has 0 aliphatic heterocycles. The fraction of sp³-hybridized carbons (Fsp3) is 0.250. The third-order valence-electron chi connectivity index (χ3n) is 3.80. The van der Waals surface area contributed by atoms with Gasteiger partial charge >= 0.3 is 0 Å². The highest BCUT2D eigenvalue weighted by atomic mass is 16.2. The van der Waals surface area contributed by atoms with E-state index in [9.17, 15) is 14.4 Å². The first-order valence-electron chi connectivity index (χ1n) is 8.18. The molecule has 0 aliphatic rings. The fourth-order valence-corrected chi connectivity index (χ4v) is 2.49. The Morgan fingerprint density at radius 3 is 1.92 bits per heavy atom. The molecule has 5 heteroatoms. The number of benzene rings is 2. The van der Waals surface area contributed by atoms with Crippen LogP contribution in [-0.2, 0) is 4.79 Å². The van der Waals surface area contributed by atoms with Crippen LogP contribution in [0.3, 0.4) is 0 Å². The summed E-state index contributed by atoms with van der Waals surface area (Å²) < 4.78 is 0. The highest BCUT2D eigenvalue weighted by Gasteiger charge is 2.20. The van der Waals surface area contributed by atoms with Crippen molar-refractivity contribution in [2.24, 2.45) is 11.7 Å². The van der Waals surface area contributed by atoms with Crippen LogP contribution < -0.4 is 11.1 Å². The maximum atomic E-state index is 12.4. The Hall–Kier alpha value is -2.95. The van der Waals surface area contributed by atoms with Gasteiger partial charge in [-0.3, -0.25) is 14.4 Å². The number of rotatable bonds is 7. The highest BCUT2D eigenvalue weighted by Crippen LogP contribution is 2.12. The molecule has 0 saturated heterocycles. The number of amides is 2. The van der Waals surface area contributed by atoms with E-state index < -0.39 is 11.9 Å². The molecule has 2 amide bonds. The second-order valence-electron chi connectivity index (χ2n) is 6.33. The topological polar surface area (TPSA) is 89.3 Å². The molecule has 0 aromatic heterocycles. The minimum atomic E-state index is -0.710. The summed E-state index contributed by atoms with van der Waals surface area (Å²) in [5.41, 5.74) is 6.80. The van der Waals surface area contributed by atoms with E-state index in [2.05, 4.69) is 5.32 Å². The number of primary amides is 1. The molecule has 5 nitrogen and oxygen atoms in total.